The lowest BCUT2D eigenvalue weighted by molar-refractivity contribution is -0.155. The predicted octanol–water partition coefficient (Wildman–Crippen LogP) is 2.30. The lowest BCUT2D eigenvalue weighted by Gasteiger charge is -2.39. The van der Waals surface area contributed by atoms with Crippen LogP contribution in [-0.2, 0) is 14.9 Å². The molecule has 4 heteroatoms. The molecule has 0 heterocycles. The molecule has 0 amide bonds. The fraction of sp³-hybridized carbons (Fsp3) is 0.462. The van der Waals surface area contributed by atoms with Crippen molar-refractivity contribution in [3.05, 3.63) is 34.9 Å². The summed E-state index contributed by atoms with van der Waals surface area (Å²) in [6.07, 6.45) is 2.63. The minimum atomic E-state index is -0.514. The molecule has 0 spiro atoms. The van der Waals surface area contributed by atoms with Crippen LogP contribution in [0, 0.1) is 0 Å². The maximum Gasteiger partial charge on any atom is 0.316 e. The van der Waals surface area contributed by atoms with Crippen LogP contribution in [0.25, 0.3) is 0 Å². The molecule has 0 bridgehead atoms. The number of carbonyl (C=O) groups is 1. The van der Waals surface area contributed by atoms with Crippen molar-refractivity contribution in [2.75, 3.05) is 13.2 Å². The molecule has 3 nitrogen and oxygen atoms in total. The van der Waals surface area contributed by atoms with Gasteiger partial charge >= 0.3 is 5.97 Å². The molecular formula is C13H15ClO3. The Bertz CT molecular complexity index is 396. The first-order valence-corrected chi connectivity index (χ1v) is 6.11. The highest BCUT2D eigenvalue weighted by Crippen LogP contribution is 2.44. The molecule has 0 aliphatic heterocycles. The van der Waals surface area contributed by atoms with Gasteiger partial charge in [-0.15, -0.1) is 0 Å². The topological polar surface area (TPSA) is 46.5 Å². The van der Waals surface area contributed by atoms with Gasteiger partial charge in [-0.3, -0.25) is 4.79 Å². The summed E-state index contributed by atoms with van der Waals surface area (Å²) in [5.41, 5.74) is 0.441. The van der Waals surface area contributed by atoms with Crippen LogP contribution < -0.4 is 0 Å². The number of aliphatic hydroxyl groups excluding tert-OH is 1. The average molecular weight is 255 g/mol. The van der Waals surface area contributed by atoms with Crippen LogP contribution in [0.5, 0.6) is 0 Å². The van der Waals surface area contributed by atoms with E-state index in [2.05, 4.69) is 0 Å². The number of esters is 1. The minimum Gasteiger partial charge on any atom is -0.463 e. The zero-order chi connectivity index (χ0) is 12.3. The average Bonchev–Trinajstić information content (AvgIpc) is 2.27. The molecule has 1 fully saturated rings. The van der Waals surface area contributed by atoms with Crippen molar-refractivity contribution < 1.29 is 14.6 Å². The number of benzene rings is 1. The second kappa shape index (κ2) is 5.07. The van der Waals surface area contributed by atoms with Crippen molar-refractivity contribution in [3.8, 4) is 0 Å². The summed E-state index contributed by atoms with van der Waals surface area (Å²) in [5, 5.41) is 9.34. The fourth-order valence-corrected chi connectivity index (χ4v) is 2.31. The Morgan fingerprint density at radius 1 is 1.35 bits per heavy atom. The molecule has 1 aromatic rings. The number of hydrogen-bond acceptors (Lipinski definition) is 3. The number of carbonyl (C=O) groups excluding carboxylic acids is 1. The summed E-state index contributed by atoms with van der Waals surface area (Å²) in [7, 11) is 0. The normalized spacial score (nSPS) is 17.3. The zero-order valence-electron chi connectivity index (χ0n) is 9.49. The summed E-state index contributed by atoms with van der Waals surface area (Å²) < 4.78 is 5.06. The van der Waals surface area contributed by atoms with E-state index in [4.69, 9.17) is 21.4 Å². The van der Waals surface area contributed by atoms with E-state index in [-0.39, 0.29) is 19.2 Å². The Hall–Kier alpha value is -1.06. The third kappa shape index (κ3) is 2.31. The van der Waals surface area contributed by atoms with E-state index in [0.29, 0.717) is 5.02 Å². The number of ether oxygens (including phenoxy) is 1. The van der Waals surface area contributed by atoms with Gasteiger partial charge in [-0.05, 0) is 30.5 Å². The molecule has 2 rings (SSSR count). The molecule has 1 saturated carbocycles. The molecular weight excluding hydrogens is 240 g/mol. The highest BCUT2D eigenvalue weighted by atomic mass is 35.5. The number of hydrogen-bond donors (Lipinski definition) is 1. The van der Waals surface area contributed by atoms with Gasteiger partial charge in [0.2, 0.25) is 0 Å². The third-order valence-electron chi connectivity index (χ3n) is 3.32. The van der Waals surface area contributed by atoms with Crippen molar-refractivity contribution in [3.63, 3.8) is 0 Å². The van der Waals surface area contributed by atoms with Gasteiger partial charge in [0.15, 0.2) is 0 Å². The van der Waals surface area contributed by atoms with E-state index in [1.807, 2.05) is 12.1 Å². The van der Waals surface area contributed by atoms with Gasteiger partial charge in [-0.1, -0.05) is 30.2 Å². The first-order valence-electron chi connectivity index (χ1n) is 5.73. The van der Waals surface area contributed by atoms with Gasteiger partial charge in [0.05, 0.1) is 12.0 Å². The van der Waals surface area contributed by atoms with E-state index in [0.717, 1.165) is 24.8 Å². The Morgan fingerprint density at radius 3 is 2.47 bits per heavy atom. The number of aliphatic hydroxyl groups is 1. The van der Waals surface area contributed by atoms with Gasteiger partial charge < -0.3 is 9.84 Å². The molecule has 1 aromatic carbocycles. The van der Waals surface area contributed by atoms with Crippen LogP contribution in [0.15, 0.2) is 24.3 Å². The van der Waals surface area contributed by atoms with E-state index < -0.39 is 5.41 Å². The fourth-order valence-electron chi connectivity index (χ4n) is 2.19. The van der Waals surface area contributed by atoms with Crippen LogP contribution in [0.3, 0.4) is 0 Å². The second-order valence-corrected chi connectivity index (χ2v) is 4.74. The zero-order valence-corrected chi connectivity index (χ0v) is 10.2. The van der Waals surface area contributed by atoms with Crippen molar-refractivity contribution in [2.24, 2.45) is 0 Å². The van der Waals surface area contributed by atoms with Gasteiger partial charge in [0.25, 0.3) is 0 Å². The minimum absolute atomic E-state index is 0.0637. The lowest BCUT2D eigenvalue weighted by Crippen LogP contribution is -2.43. The van der Waals surface area contributed by atoms with Gasteiger partial charge in [0.1, 0.15) is 6.61 Å². The highest BCUT2D eigenvalue weighted by Gasteiger charge is 2.46. The van der Waals surface area contributed by atoms with Crippen LogP contribution in [-0.4, -0.2) is 24.3 Å². The molecule has 1 aliphatic rings. The second-order valence-electron chi connectivity index (χ2n) is 4.30. The summed E-state index contributed by atoms with van der Waals surface area (Å²) >= 11 is 5.84. The Morgan fingerprint density at radius 2 is 2.00 bits per heavy atom. The van der Waals surface area contributed by atoms with Gasteiger partial charge in [0, 0.05) is 5.02 Å². The summed E-state index contributed by atoms with van der Waals surface area (Å²) in [6.45, 7) is -0.0728. The Balaban J connectivity index is 2.19. The lowest BCUT2D eigenvalue weighted by atomic mass is 9.64. The van der Waals surface area contributed by atoms with Gasteiger partial charge in [-0.25, -0.2) is 0 Å². The molecule has 17 heavy (non-hydrogen) atoms. The number of halogens is 1. The molecule has 1 aliphatic carbocycles. The third-order valence-corrected chi connectivity index (χ3v) is 3.57. The van der Waals surface area contributed by atoms with Crippen LogP contribution in [0.1, 0.15) is 24.8 Å². The summed E-state index contributed by atoms with van der Waals surface area (Å²) in [6, 6.07) is 7.33. The number of rotatable bonds is 4. The summed E-state index contributed by atoms with van der Waals surface area (Å²) in [4.78, 5) is 12.0. The van der Waals surface area contributed by atoms with Crippen LogP contribution in [0.4, 0.5) is 0 Å². The van der Waals surface area contributed by atoms with E-state index >= 15 is 0 Å². The van der Waals surface area contributed by atoms with E-state index in [9.17, 15) is 4.79 Å². The van der Waals surface area contributed by atoms with Crippen molar-refractivity contribution in [1.82, 2.24) is 0 Å². The predicted molar refractivity (Wildman–Crippen MR) is 65.0 cm³/mol. The molecule has 0 aromatic heterocycles. The SMILES string of the molecule is O=C(OCCO)C1(c2ccc(Cl)cc2)CCC1. The van der Waals surface area contributed by atoms with Crippen molar-refractivity contribution >= 4 is 17.6 Å². The first-order chi connectivity index (χ1) is 8.19. The summed E-state index contributed by atoms with van der Waals surface area (Å²) in [5.74, 6) is -0.236. The Kier molecular flexibility index (Phi) is 3.69. The molecule has 0 radical (unpaired) electrons. The van der Waals surface area contributed by atoms with Crippen molar-refractivity contribution in [1.29, 1.82) is 0 Å². The van der Waals surface area contributed by atoms with E-state index in [1.165, 1.54) is 0 Å². The van der Waals surface area contributed by atoms with Crippen molar-refractivity contribution in [2.45, 2.75) is 24.7 Å². The smallest absolute Gasteiger partial charge is 0.316 e. The molecule has 1 N–H and O–H groups in total. The molecule has 92 valence electrons. The maximum absolute atomic E-state index is 12.0. The molecule has 0 atom stereocenters. The maximum atomic E-state index is 12.0. The standard InChI is InChI=1S/C13H15ClO3/c14-11-4-2-10(3-5-11)13(6-1-7-13)12(16)17-9-8-15/h2-5,15H,1,6-9H2. The first kappa shape index (κ1) is 12.4. The monoisotopic (exact) mass is 254 g/mol. The largest absolute Gasteiger partial charge is 0.463 e. The van der Waals surface area contributed by atoms with Crippen LogP contribution in [0.2, 0.25) is 5.02 Å². The highest BCUT2D eigenvalue weighted by molar-refractivity contribution is 6.30. The van der Waals surface area contributed by atoms with Gasteiger partial charge in [-0.2, -0.15) is 0 Å². The van der Waals surface area contributed by atoms with E-state index in [1.54, 1.807) is 12.1 Å². The molecule has 0 saturated heterocycles. The quantitative estimate of drug-likeness (QED) is 0.839. The Labute approximate surface area is 105 Å². The van der Waals surface area contributed by atoms with Crippen LogP contribution >= 0.6 is 11.6 Å². The molecule has 0 unspecified atom stereocenters.